The van der Waals surface area contributed by atoms with Crippen LogP contribution in [0.15, 0.2) is 42.5 Å². The van der Waals surface area contributed by atoms with Crippen LogP contribution in [0.1, 0.15) is 21.5 Å². The van der Waals surface area contributed by atoms with Crippen molar-refractivity contribution >= 4 is 5.97 Å². The molecule has 20 heavy (non-hydrogen) atoms. The molecule has 1 heterocycles. The van der Waals surface area contributed by atoms with Crippen LogP contribution in [0.3, 0.4) is 0 Å². The third kappa shape index (κ3) is 2.59. The summed E-state index contributed by atoms with van der Waals surface area (Å²) in [4.78, 5) is 11.9. The third-order valence-electron chi connectivity index (χ3n) is 3.09. The maximum absolute atomic E-state index is 11.9. The van der Waals surface area contributed by atoms with Gasteiger partial charge in [0.05, 0.1) is 5.56 Å². The molecular formula is C16H14O4. The summed E-state index contributed by atoms with van der Waals surface area (Å²) in [6.45, 7) is 2.42. The van der Waals surface area contributed by atoms with Gasteiger partial charge in [-0.25, -0.2) is 4.79 Å². The van der Waals surface area contributed by atoms with Crippen LogP contribution in [0.5, 0.6) is 11.5 Å². The van der Waals surface area contributed by atoms with Gasteiger partial charge in [-0.15, -0.1) is 0 Å². The highest BCUT2D eigenvalue weighted by Crippen LogP contribution is 2.32. The quantitative estimate of drug-likeness (QED) is 0.804. The fraction of sp³-hybridized carbons (Fsp3) is 0.188. The smallest absolute Gasteiger partial charge is 0.338 e. The Balaban J connectivity index is 1.64. The molecule has 0 atom stereocenters. The van der Waals surface area contributed by atoms with Gasteiger partial charge in [0.15, 0.2) is 11.5 Å². The average molecular weight is 270 g/mol. The number of fused-ring (bicyclic) bond motifs is 1. The molecule has 102 valence electrons. The van der Waals surface area contributed by atoms with Crippen LogP contribution < -0.4 is 9.47 Å². The second-order valence-electron chi connectivity index (χ2n) is 4.63. The summed E-state index contributed by atoms with van der Waals surface area (Å²) in [6.07, 6.45) is 0. The third-order valence-corrected chi connectivity index (χ3v) is 3.09. The molecule has 2 aromatic carbocycles. The van der Waals surface area contributed by atoms with Crippen LogP contribution in [-0.2, 0) is 11.3 Å². The molecular weight excluding hydrogens is 256 g/mol. The van der Waals surface area contributed by atoms with E-state index >= 15 is 0 Å². The number of benzene rings is 2. The minimum absolute atomic E-state index is 0.212. The number of hydrogen-bond donors (Lipinski definition) is 0. The molecule has 0 amide bonds. The standard InChI is InChI=1S/C16H14O4/c1-11-2-5-13(6-3-11)16(17)18-9-12-4-7-14-15(8-12)20-10-19-14/h2-8H,9-10H2,1H3. The average Bonchev–Trinajstić information content (AvgIpc) is 2.93. The number of carbonyl (C=O) groups excluding carboxylic acids is 1. The van der Waals surface area contributed by atoms with Gasteiger partial charge in [-0.2, -0.15) is 0 Å². The van der Waals surface area contributed by atoms with Crippen molar-refractivity contribution in [2.75, 3.05) is 6.79 Å². The lowest BCUT2D eigenvalue weighted by atomic mass is 10.1. The van der Waals surface area contributed by atoms with Crippen molar-refractivity contribution < 1.29 is 19.0 Å². The van der Waals surface area contributed by atoms with Gasteiger partial charge in [0.25, 0.3) is 0 Å². The van der Waals surface area contributed by atoms with Gasteiger partial charge in [0.2, 0.25) is 6.79 Å². The Hall–Kier alpha value is -2.49. The first-order valence-corrected chi connectivity index (χ1v) is 6.35. The van der Waals surface area contributed by atoms with Crippen LogP contribution in [0.2, 0.25) is 0 Å². The Labute approximate surface area is 116 Å². The Morgan fingerprint density at radius 1 is 1.10 bits per heavy atom. The van der Waals surface area contributed by atoms with Gasteiger partial charge in [-0.1, -0.05) is 23.8 Å². The van der Waals surface area contributed by atoms with Gasteiger partial charge in [0, 0.05) is 0 Å². The number of esters is 1. The van der Waals surface area contributed by atoms with E-state index in [1.54, 1.807) is 12.1 Å². The van der Waals surface area contributed by atoms with Gasteiger partial charge in [0.1, 0.15) is 6.61 Å². The number of aryl methyl sites for hydroxylation is 1. The largest absolute Gasteiger partial charge is 0.457 e. The first kappa shape index (κ1) is 12.5. The molecule has 2 aromatic rings. The Morgan fingerprint density at radius 3 is 2.65 bits per heavy atom. The Morgan fingerprint density at radius 2 is 1.85 bits per heavy atom. The fourth-order valence-electron chi connectivity index (χ4n) is 1.95. The predicted octanol–water partition coefficient (Wildman–Crippen LogP) is 3.08. The molecule has 4 heteroatoms. The number of hydrogen-bond acceptors (Lipinski definition) is 4. The summed E-state index contributed by atoms with van der Waals surface area (Å²) < 4.78 is 15.8. The fourth-order valence-corrected chi connectivity index (χ4v) is 1.95. The van der Waals surface area contributed by atoms with Crippen molar-refractivity contribution in [3.63, 3.8) is 0 Å². The molecule has 0 N–H and O–H groups in total. The van der Waals surface area contributed by atoms with Crippen molar-refractivity contribution in [1.29, 1.82) is 0 Å². The minimum atomic E-state index is -0.331. The molecule has 0 saturated heterocycles. The van der Waals surface area contributed by atoms with E-state index in [2.05, 4.69) is 0 Å². The lowest BCUT2D eigenvalue weighted by Gasteiger charge is -2.06. The zero-order valence-corrected chi connectivity index (χ0v) is 11.1. The van der Waals surface area contributed by atoms with Crippen LogP contribution in [0.25, 0.3) is 0 Å². The second kappa shape index (κ2) is 5.25. The first-order chi connectivity index (χ1) is 9.72. The van der Waals surface area contributed by atoms with E-state index in [1.165, 1.54) is 0 Å². The molecule has 0 radical (unpaired) electrons. The summed E-state index contributed by atoms with van der Waals surface area (Å²) in [6, 6.07) is 12.8. The zero-order valence-electron chi connectivity index (χ0n) is 11.1. The van der Waals surface area contributed by atoms with Crippen molar-refractivity contribution in [2.45, 2.75) is 13.5 Å². The number of rotatable bonds is 3. The Bertz CT molecular complexity index is 631. The lowest BCUT2D eigenvalue weighted by molar-refractivity contribution is 0.0472. The monoisotopic (exact) mass is 270 g/mol. The van der Waals surface area contributed by atoms with E-state index in [0.29, 0.717) is 11.3 Å². The van der Waals surface area contributed by atoms with Crippen LogP contribution in [0, 0.1) is 6.92 Å². The highest BCUT2D eigenvalue weighted by Gasteiger charge is 2.14. The molecule has 4 nitrogen and oxygen atoms in total. The van der Waals surface area contributed by atoms with Crippen LogP contribution >= 0.6 is 0 Å². The highest BCUT2D eigenvalue weighted by molar-refractivity contribution is 5.89. The maximum Gasteiger partial charge on any atom is 0.338 e. The molecule has 1 aliphatic rings. The highest BCUT2D eigenvalue weighted by atomic mass is 16.7. The molecule has 1 aliphatic heterocycles. The molecule has 0 fully saturated rings. The molecule has 0 unspecified atom stereocenters. The summed E-state index contributed by atoms with van der Waals surface area (Å²) in [7, 11) is 0. The second-order valence-corrected chi connectivity index (χ2v) is 4.63. The van der Waals surface area contributed by atoms with E-state index in [9.17, 15) is 4.79 Å². The summed E-state index contributed by atoms with van der Waals surface area (Å²) in [5.41, 5.74) is 2.53. The van der Waals surface area contributed by atoms with Gasteiger partial charge >= 0.3 is 5.97 Å². The number of carbonyl (C=O) groups is 1. The van der Waals surface area contributed by atoms with Crippen molar-refractivity contribution in [1.82, 2.24) is 0 Å². The lowest BCUT2D eigenvalue weighted by Crippen LogP contribution is -2.05. The van der Waals surface area contributed by atoms with Crippen LogP contribution in [-0.4, -0.2) is 12.8 Å². The maximum atomic E-state index is 11.9. The van der Waals surface area contributed by atoms with Crippen molar-refractivity contribution in [3.05, 3.63) is 59.2 Å². The summed E-state index contributed by atoms with van der Waals surface area (Å²) >= 11 is 0. The molecule has 3 rings (SSSR count). The Kier molecular flexibility index (Phi) is 3.29. The zero-order chi connectivity index (χ0) is 13.9. The topological polar surface area (TPSA) is 44.8 Å². The van der Waals surface area contributed by atoms with Crippen molar-refractivity contribution in [2.24, 2.45) is 0 Å². The van der Waals surface area contributed by atoms with Crippen LogP contribution in [0.4, 0.5) is 0 Å². The van der Waals surface area contributed by atoms with E-state index in [-0.39, 0.29) is 19.4 Å². The molecule has 0 spiro atoms. The first-order valence-electron chi connectivity index (χ1n) is 6.35. The van der Waals surface area contributed by atoms with Gasteiger partial charge in [-0.3, -0.25) is 0 Å². The molecule has 0 bridgehead atoms. The normalized spacial score (nSPS) is 12.2. The number of ether oxygens (including phenoxy) is 3. The van der Waals surface area contributed by atoms with E-state index < -0.39 is 0 Å². The summed E-state index contributed by atoms with van der Waals surface area (Å²) in [5.74, 6) is 1.08. The molecule has 0 saturated carbocycles. The van der Waals surface area contributed by atoms with Crippen molar-refractivity contribution in [3.8, 4) is 11.5 Å². The molecule has 0 aliphatic carbocycles. The minimum Gasteiger partial charge on any atom is -0.457 e. The van der Waals surface area contributed by atoms with E-state index in [4.69, 9.17) is 14.2 Å². The van der Waals surface area contributed by atoms with E-state index in [0.717, 1.165) is 16.9 Å². The SMILES string of the molecule is Cc1ccc(C(=O)OCc2ccc3c(c2)OCO3)cc1. The van der Waals surface area contributed by atoms with E-state index in [1.807, 2.05) is 37.3 Å². The predicted molar refractivity (Wildman–Crippen MR) is 72.9 cm³/mol. The van der Waals surface area contributed by atoms with Gasteiger partial charge < -0.3 is 14.2 Å². The summed E-state index contributed by atoms with van der Waals surface area (Å²) in [5, 5.41) is 0. The van der Waals surface area contributed by atoms with Gasteiger partial charge in [-0.05, 0) is 36.8 Å². The molecule has 0 aromatic heterocycles.